The molecule has 2 rings (SSSR count). The Kier molecular flexibility index (Phi) is 4.69. The molecule has 0 saturated carbocycles. The van der Waals surface area contributed by atoms with Crippen LogP contribution in [-0.2, 0) is 0 Å². The molecule has 0 aliphatic carbocycles. The van der Waals surface area contributed by atoms with Crippen molar-refractivity contribution in [2.75, 3.05) is 37.8 Å². The lowest BCUT2D eigenvalue weighted by Gasteiger charge is -2.11. The molecule has 5 nitrogen and oxygen atoms in total. The summed E-state index contributed by atoms with van der Waals surface area (Å²) in [6, 6.07) is 11.9. The third kappa shape index (κ3) is 4.56. The van der Waals surface area contributed by atoms with Crippen molar-refractivity contribution in [3.8, 4) is 0 Å². The minimum atomic E-state index is 0.786. The summed E-state index contributed by atoms with van der Waals surface area (Å²) in [6.07, 6.45) is 1.56. The molecule has 0 saturated heterocycles. The molecule has 19 heavy (non-hydrogen) atoms. The van der Waals surface area contributed by atoms with Gasteiger partial charge in [0.1, 0.15) is 18.0 Å². The number of nitrogens with zero attached hydrogens (tertiary/aromatic N) is 3. The predicted molar refractivity (Wildman–Crippen MR) is 78.8 cm³/mol. The predicted octanol–water partition coefficient (Wildman–Crippen LogP) is 2.19. The summed E-state index contributed by atoms with van der Waals surface area (Å²) in [6.45, 7) is 1.82. The van der Waals surface area contributed by atoms with Crippen molar-refractivity contribution < 1.29 is 0 Å². The van der Waals surface area contributed by atoms with E-state index in [4.69, 9.17) is 0 Å². The number of nitrogens with one attached hydrogen (secondary N) is 2. The molecule has 0 aliphatic heterocycles. The first kappa shape index (κ1) is 13.3. The van der Waals surface area contributed by atoms with Crippen LogP contribution in [0.1, 0.15) is 0 Å². The summed E-state index contributed by atoms with van der Waals surface area (Å²) in [5, 5.41) is 6.51. The Bertz CT molecular complexity index is 498. The lowest BCUT2D eigenvalue weighted by atomic mass is 10.3. The van der Waals surface area contributed by atoms with E-state index in [1.807, 2.05) is 50.5 Å². The van der Waals surface area contributed by atoms with Gasteiger partial charge in [0, 0.05) is 24.8 Å². The molecule has 1 heterocycles. The second-order valence-corrected chi connectivity index (χ2v) is 4.51. The molecule has 0 atom stereocenters. The molecule has 100 valence electrons. The van der Waals surface area contributed by atoms with Crippen molar-refractivity contribution in [2.45, 2.75) is 0 Å². The van der Waals surface area contributed by atoms with E-state index in [1.165, 1.54) is 0 Å². The summed E-state index contributed by atoms with van der Waals surface area (Å²) >= 11 is 0. The fraction of sp³-hybridized carbons (Fsp3) is 0.286. The Morgan fingerprint density at radius 3 is 2.53 bits per heavy atom. The van der Waals surface area contributed by atoms with E-state index < -0.39 is 0 Å². The Balaban J connectivity index is 1.95. The van der Waals surface area contributed by atoms with E-state index in [1.54, 1.807) is 6.33 Å². The molecule has 2 N–H and O–H groups in total. The summed E-state index contributed by atoms with van der Waals surface area (Å²) in [4.78, 5) is 10.5. The number of benzene rings is 1. The smallest absolute Gasteiger partial charge is 0.135 e. The van der Waals surface area contributed by atoms with Crippen LogP contribution in [0.2, 0.25) is 0 Å². The van der Waals surface area contributed by atoms with Crippen LogP contribution >= 0.6 is 0 Å². The third-order valence-corrected chi connectivity index (χ3v) is 2.58. The molecule has 0 radical (unpaired) electrons. The van der Waals surface area contributed by atoms with Gasteiger partial charge in [0.05, 0.1) is 0 Å². The zero-order chi connectivity index (χ0) is 13.5. The number of aromatic nitrogens is 2. The second-order valence-electron chi connectivity index (χ2n) is 4.51. The standard InChI is InChI=1S/C14H19N5/c1-19(2)9-8-15-13-10-14(17-11-16-13)18-12-6-4-3-5-7-12/h3-7,10-11H,8-9H2,1-2H3,(H2,15,16,17,18). The zero-order valence-electron chi connectivity index (χ0n) is 11.3. The molecule has 0 amide bonds. The lowest BCUT2D eigenvalue weighted by Crippen LogP contribution is -2.21. The number of anilines is 3. The van der Waals surface area contributed by atoms with Crippen molar-refractivity contribution in [1.82, 2.24) is 14.9 Å². The van der Waals surface area contributed by atoms with Gasteiger partial charge in [0.15, 0.2) is 0 Å². The van der Waals surface area contributed by atoms with Gasteiger partial charge >= 0.3 is 0 Å². The molecule has 1 aromatic carbocycles. The minimum Gasteiger partial charge on any atom is -0.369 e. The monoisotopic (exact) mass is 257 g/mol. The SMILES string of the molecule is CN(C)CCNc1cc(Nc2ccccc2)ncn1. The van der Waals surface area contributed by atoms with Crippen molar-refractivity contribution in [3.05, 3.63) is 42.7 Å². The van der Waals surface area contributed by atoms with Gasteiger partial charge in [-0.2, -0.15) is 0 Å². The number of para-hydroxylation sites is 1. The number of likely N-dealkylation sites (N-methyl/N-ethyl adjacent to an activating group) is 1. The van der Waals surface area contributed by atoms with E-state index in [0.29, 0.717) is 0 Å². The van der Waals surface area contributed by atoms with Crippen molar-refractivity contribution in [1.29, 1.82) is 0 Å². The number of hydrogen-bond donors (Lipinski definition) is 2. The molecule has 1 aromatic heterocycles. The van der Waals surface area contributed by atoms with Gasteiger partial charge in [-0.3, -0.25) is 0 Å². The molecule has 0 fully saturated rings. The Morgan fingerprint density at radius 2 is 1.79 bits per heavy atom. The second kappa shape index (κ2) is 6.70. The van der Waals surface area contributed by atoms with Crippen molar-refractivity contribution in [3.63, 3.8) is 0 Å². The van der Waals surface area contributed by atoms with Crippen LogP contribution in [-0.4, -0.2) is 42.1 Å². The highest BCUT2D eigenvalue weighted by Gasteiger charge is 1.99. The molecule has 0 unspecified atom stereocenters. The van der Waals surface area contributed by atoms with Crippen LogP contribution in [0.3, 0.4) is 0 Å². The zero-order valence-corrected chi connectivity index (χ0v) is 11.3. The van der Waals surface area contributed by atoms with Crippen LogP contribution in [0.4, 0.5) is 17.3 Å². The normalized spacial score (nSPS) is 10.5. The van der Waals surface area contributed by atoms with Gasteiger partial charge in [-0.25, -0.2) is 9.97 Å². The Hall–Kier alpha value is -2.14. The summed E-state index contributed by atoms with van der Waals surface area (Å²) in [7, 11) is 4.09. The molecular weight excluding hydrogens is 238 g/mol. The molecule has 5 heteroatoms. The van der Waals surface area contributed by atoms with Crippen LogP contribution in [0.5, 0.6) is 0 Å². The highest BCUT2D eigenvalue weighted by molar-refractivity contribution is 5.58. The van der Waals surface area contributed by atoms with Crippen LogP contribution < -0.4 is 10.6 Å². The van der Waals surface area contributed by atoms with Crippen LogP contribution in [0.15, 0.2) is 42.7 Å². The average Bonchev–Trinajstić information content (AvgIpc) is 2.40. The quantitative estimate of drug-likeness (QED) is 0.831. The maximum atomic E-state index is 4.21. The molecule has 2 aromatic rings. The van der Waals surface area contributed by atoms with Gasteiger partial charge < -0.3 is 15.5 Å². The van der Waals surface area contributed by atoms with Gasteiger partial charge in [0.25, 0.3) is 0 Å². The number of hydrogen-bond acceptors (Lipinski definition) is 5. The largest absolute Gasteiger partial charge is 0.369 e. The van der Waals surface area contributed by atoms with Crippen LogP contribution in [0.25, 0.3) is 0 Å². The first-order valence-corrected chi connectivity index (χ1v) is 6.27. The molecule has 0 bridgehead atoms. The Morgan fingerprint density at radius 1 is 1.05 bits per heavy atom. The molecule has 0 spiro atoms. The lowest BCUT2D eigenvalue weighted by molar-refractivity contribution is 0.425. The Labute approximate surface area is 113 Å². The van der Waals surface area contributed by atoms with Crippen molar-refractivity contribution >= 4 is 17.3 Å². The van der Waals surface area contributed by atoms with Gasteiger partial charge in [-0.1, -0.05) is 18.2 Å². The van der Waals surface area contributed by atoms with E-state index in [-0.39, 0.29) is 0 Å². The van der Waals surface area contributed by atoms with Crippen LogP contribution in [0, 0.1) is 0 Å². The summed E-state index contributed by atoms with van der Waals surface area (Å²) in [5.74, 6) is 1.61. The maximum absolute atomic E-state index is 4.21. The molecular formula is C14H19N5. The fourth-order valence-electron chi connectivity index (χ4n) is 1.60. The minimum absolute atomic E-state index is 0.786. The first-order valence-electron chi connectivity index (χ1n) is 6.27. The molecule has 0 aliphatic rings. The van der Waals surface area contributed by atoms with E-state index in [9.17, 15) is 0 Å². The number of rotatable bonds is 6. The van der Waals surface area contributed by atoms with E-state index in [2.05, 4.69) is 25.5 Å². The third-order valence-electron chi connectivity index (χ3n) is 2.58. The van der Waals surface area contributed by atoms with Gasteiger partial charge in [-0.15, -0.1) is 0 Å². The van der Waals surface area contributed by atoms with Gasteiger partial charge in [-0.05, 0) is 26.2 Å². The topological polar surface area (TPSA) is 53.1 Å². The summed E-state index contributed by atoms with van der Waals surface area (Å²) in [5.41, 5.74) is 1.01. The van der Waals surface area contributed by atoms with E-state index >= 15 is 0 Å². The fourth-order valence-corrected chi connectivity index (χ4v) is 1.60. The highest BCUT2D eigenvalue weighted by atomic mass is 15.1. The first-order chi connectivity index (χ1) is 9.24. The average molecular weight is 257 g/mol. The van der Waals surface area contributed by atoms with Crippen molar-refractivity contribution in [2.24, 2.45) is 0 Å². The highest BCUT2D eigenvalue weighted by Crippen LogP contribution is 2.15. The maximum Gasteiger partial charge on any atom is 0.135 e. The van der Waals surface area contributed by atoms with Gasteiger partial charge in [0.2, 0.25) is 0 Å². The summed E-state index contributed by atoms with van der Waals surface area (Å²) < 4.78 is 0. The van der Waals surface area contributed by atoms with E-state index in [0.717, 1.165) is 30.4 Å².